The molecular formula is C14H14N4O. The van der Waals surface area contributed by atoms with Crippen LogP contribution in [0.5, 0.6) is 0 Å². The summed E-state index contributed by atoms with van der Waals surface area (Å²) in [7, 11) is 0. The van der Waals surface area contributed by atoms with Gasteiger partial charge in [0.25, 0.3) is 0 Å². The quantitative estimate of drug-likeness (QED) is 0.847. The number of hydrogen-bond donors (Lipinski definition) is 1. The van der Waals surface area contributed by atoms with Gasteiger partial charge in [0.1, 0.15) is 0 Å². The van der Waals surface area contributed by atoms with Gasteiger partial charge in [0.2, 0.25) is 0 Å². The van der Waals surface area contributed by atoms with E-state index in [0.29, 0.717) is 12.4 Å². The highest BCUT2D eigenvalue weighted by atomic mass is 16.2. The van der Waals surface area contributed by atoms with Crippen LogP contribution in [0.2, 0.25) is 0 Å². The molecule has 1 aliphatic heterocycles. The van der Waals surface area contributed by atoms with Gasteiger partial charge < -0.3 is 4.90 Å². The molecule has 5 nitrogen and oxygen atoms in total. The monoisotopic (exact) mass is 254 g/mol. The third-order valence-electron chi connectivity index (χ3n) is 3.23. The normalized spacial score (nSPS) is 13.8. The number of nitrogens with one attached hydrogen (secondary N) is 1. The Morgan fingerprint density at radius 1 is 1.16 bits per heavy atom. The van der Waals surface area contributed by atoms with Crippen molar-refractivity contribution < 1.29 is 4.79 Å². The molecule has 0 bridgehead atoms. The van der Waals surface area contributed by atoms with E-state index in [1.54, 1.807) is 23.2 Å². The number of carbonyl (C=O) groups is 1. The summed E-state index contributed by atoms with van der Waals surface area (Å²) < 4.78 is 0. The van der Waals surface area contributed by atoms with Crippen molar-refractivity contribution in [1.82, 2.24) is 15.1 Å². The second-order valence-electron chi connectivity index (χ2n) is 4.48. The molecule has 2 heterocycles. The fraction of sp³-hybridized carbons (Fsp3) is 0.214. The van der Waals surface area contributed by atoms with Gasteiger partial charge >= 0.3 is 6.03 Å². The van der Waals surface area contributed by atoms with E-state index >= 15 is 0 Å². The molecule has 0 atom stereocenters. The van der Waals surface area contributed by atoms with Crippen molar-refractivity contribution in [2.24, 2.45) is 0 Å². The molecule has 0 saturated heterocycles. The molecule has 0 unspecified atom stereocenters. The molecule has 1 aromatic carbocycles. The summed E-state index contributed by atoms with van der Waals surface area (Å²) in [6.07, 6.45) is 2.47. The van der Waals surface area contributed by atoms with Gasteiger partial charge in [0.15, 0.2) is 5.82 Å². The standard InChI is InChI=1S/C14H14N4O/c19-14(16-13-6-3-8-15-17-13)18-9-7-11-4-1-2-5-12(11)10-18/h1-6,8H,7,9-10H2,(H,16,17,19). The number of urea groups is 1. The van der Waals surface area contributed by atoms with Crippen molar-refractivity contribution >= 4 is 11.8 Å². The molecule has 5 heteroatoms. The maximum Gasteiger partial charge on any atom is 0.323 e. The number of rotatable bonds is 1. The van der Waals surface area contributed by atoms with Crippen LogP contribution < -0.4 is 5.32 Å². The van der Waals surface area contributed by atoms with Crippen molar-refractivity contribution in [1.29, 1.82) is 0 Å². The van der Waals surface area contributed by atoms with Crippen LogP contribution in [0.15, 0.2) is 42.6 Å². The summed E-state index contributed by atoms with van der Waals surface area (Å²) in [5, 5.41) is 10.3. The molecule has 1 N–H and O–H groups in total. The summed E-state index contributed by atoms with van der Waals surface area (Å²) in [6.45, 7) is 1.37. The zero-order valence-corrected chi connectivity index (χ0v) is 10.4. The van der Waals surface area contributed by atoms with Gasteiger partial charge in [0, 0.05) is 19.3 Å². The van der Waals surface area contributed by atoms with Gasteiger partial charge in [-0.15, -0.1) is 5.10 Å². The van der Waals surface area contributed by atoms with Crippen molar-refractivity contribution in [3.8, 4) is 0 Å². The fourth-order valence-electron chi connectivity index (χ4n) is 2.23. The number of benzene rings is 1. The Hall–Kier alpha value is -2.43. The van der Waals surface area contributed by atoms with E-state index in [9.17, 15) is 4.79 Å². The van der Waals surface area contributed by atoms with Gasteiger partial charge in [-0.3, -0.25) is 5.32 Å². The zero-order valence-electron chi connectivity index (χ0n) is 10.4. The van der Waals surface area contributed by atoms with Crippen molar-refractivity contribution in [3.05, 3.63) is 53.7 Å². The van der Waals surface area contributed by atoms with Crippen LogP contribution in [0.1, 0.15) is 11.1 Å². The Morgan fingerprint density at radius 2 is 2.00 bits per heavy atom. The first kappa shape index (κ1) is 11.6. The molecule has 96 valence electrons. The molecule has 19 heavy (non-hydrogen) atoms. The van der Waals surface area contributed by atoms with E-state index in [-0.39, 0.29) is 6.03 Å². The number of fused-ring (bicyclic) bond motifs is 1. The van der Waals surface area contributed by atoms with Gasteiger partial charge in [0.05, 0.1) is 0 Å². The largest absolute Gasteiger partial charge is 0.323 e. The van der Waals surface area contributed by atoms with Crippen LogP contribution in [-0.2, 0) is 13.0 Å². The molecule has 3 rings (SSSR count). The SMILES string of the molecule is O=C(Nc1cccnn1)N1CCc2ccccc2C1. The molecule has 0 saturated carbocycles. The number of anilines is 1. The van der Waals surface area contributed by atoms with Crippen molar-refractivity contribution in [2.45, 2.75) is 13.0 Å². The maximum atomic E-state index is 12.1. The van der Waals surface area contributed by atoms with Crippen LogP contribution in [0, 0.1) is 0 Å². The number of carbonyl (C=O) groups excluding carboxylic acids is 1. The molecule has 0 fully saturated rings. The molecular weight excluding hydrogens is 240 g/mol. The molecule has 2 aromatic rings. The topological polar surface area (TPSA) is 58.1 Å². The van der Waals surface area contributed by atoms with E-state index in [1.807, 2.05) is 12.1 Å². The van der Waals surface area contributed by atoms with E-state index in [2.05, 4.69) is 27.6 Å². The lowest BCUT2D eigenvalue weighted by Crippen LogP contribution is -2.39. The Kier molecular flexibility index (Phi) is 3.10. The third kappa shape index (κ3) is 2.54. The lowest BCUT2D eigenvalue weighted by Gasteiger charge is -2.28. The van der Waals surface area contributed by atoms with Crippen LogP contribution >= 0.6 is 0 Å². The molecule has 0 spiro atoms. The number of aromatic nitrogens is 2. The number of hydrogen-bond acceptors (Lipinski definition) is 3. The Morgan fingerprint density at radius 3 is 2.79 bits per heavy atom. The van der Waals surface area contributed by atoms with Gasteiger partial charge in [-0.1, -0.05) is 24.3 Å². The average molecular weight is 254 g/mol. The average Bonchev–Trinajstić information content (AvgIpc) is 2.48. The van der Waals surface area contributed by atoms with Gasteiger partial charge in [-0.25, -0.2) is 4.79 Å². The summed E-state index contributed by atoms with van der Waals surface area (Å²) in [4.78, 5) is 13.9. The number of amides is 2. The Balaban J connectivity index is 1.70. The fourth-order valence-corrected chi connectivity index (χ4v) is 2.23. The first-order chi connectivity index (χ1) is 9.33. The summed E-state index contributed by atoms with van der Waals surface area (Å²) in [5.41, 5.74) is 2.54. The van der Waals surface area contributed by atoms with Gasteiger partial charge in [-0.2, -0.15) is 5.10 Å². The van der Waals surface area contributed by atoms with Crippen LogP contribution in [-0.4, -0.2) is 27.7 Å². The van der Waals surface area contributed by atoms with Crippen molar-refractivity contribution in [2.75, 3.05) is 11.9 Å². The predicted molar refractivity (Wildman–Crippen MR) is 71.6 cm³/mol. The molecule has 2 amide bonds. The van der Waals surface area contributed by atoms with Crippen LogP contribution in [0.3, 0.4) is 0 Å². The molecule has 0 radical (unpaired) electrons. The summed E-state index contributed by atoms with van der Waals surface area (Å²) in [5.74, 6) is 0.478. The zero-order chi connectivity index (χ0) is 13.1. The summed E-state index contributed by atoms with van der Waals surface area (Å²) >= 11 is 0. The predicted octanol–water partition coefficient (Wildman–Crippen LogP) is 2.07. The highest BCUT2D eigenvalue weighted by Gasteiger charge is 2.20. The minimum Gasteiger partial charge on any atom is -0.320 e. The second kappa shape index (κ2) is 5.06. The van der Waals surface area contributed by atoms with E-state index in [0.717, 1.165) is 13.0 Å². The molecule has 0 aliphatic carbocycles. The smallest absolute Gasteiger partial charge is 0.320 e. The first-order valence-electron chi connectivity index (χ1n) is 6.23. The maximum absolute atomic E-state index is 12.1. The van der Waals surface area contributed by atoms with Gasteiger partial charge in [-0.05, 0) is 29.7 Å². The highest BCUT2D eigenvalue weighted by Crippen LogP contribution is 2.18. The molecule has 1 aliphatic rings. The first-order valence-corrected chi connectivity index (χ1v) is 6.23. The van der Waals surface area contributed by atoms with Crippen molar-refractivity contribution in [3.63, 3.8) is 0 Å². The second-order valence-corrected chi connectivity index (χ2v) is 4.48. The molecule has 1 aromatic heterocycles. The summed E-state index contributed by atoms with van der Waals surface area (Å²) in [6, 6.07) is 11.6. The number of nitrogens with zero attached hydrogens (tertiary/aromatic N) is 3. The lowest BCUT2D eigenvalue weighted by molar-refractivity contribution is 0.206. The minimum atomic E-state index is -0.130. The van der Waals surface area contributed by atoms with Crippen LogP contribution in [0.4, 0.5) is 10.6 Å². The third-order valence-corrected chi connectivity index (χ3v) is 3.23. The van der Waals surface area contributed by atoms with E-state index in [1.165, 1.54) is 11.1 Å². The van der Waals surface area contributed by atoms with E-state index < -0.39 is 0 Å². The van der Waals surface area contributed by atoms with E-state index in [4.69, 9.17) is 0 Å². The van der Waals surface area contributed by atoms with Crippen LogP contribution in [0.25, 0.3) is 0 Å². The minimum absolute atomic E-state index is 0.130. The highest BCUT2D eigenvalue weighted by molar-refractivity contribution is 5.88. The Labute approximate surface area is 111 Å². The Bertz CT molecular complexity index is 585. The lowest BCUT2D eigenvalue weighted by atomic mass is 10.0.